The molecule has 0 bridgehead atoms. The van der Waals surface area contributed by atoms with Gasteiger partial charge in [0.15, 0.2) is 4.34 Å². The summed E-state index contributed by atoms with van der Waals surface area (Å²) < 4.78 is 2.17. The van der Waals surface area contributed by atoms with Crippen LogP contribution in [0, 0.1) is 0 Å². The average molecular weight is 248 g/mol. The Morgan fingerprint density at radius 3 is 2.94 bits per heavy atom. The summed E-state index contributed by atoms with van der Waals surface area (Å²) in [5.41, 5.74) is 6.75. The Balaban J connectivity index is 1.98. The molecule has 1 aromatic carbocycles. The van der Waals surface area contributed by atoms with Gasteiger partial charge in [0.2, 0.25) is 0 Å². The van der Waals surface area contributed by atoms with Crippen molar-refractivity contribution >= 4 is 39.1 Å². The molecule has 4 nitrogen and oxygen atoms in total. The molecule has 2 heterocycles. The van der Waals surface area contributed by atoms with Gasteiger partial charge in [0.25, 0.3) is 0 Å². The van der Waals surface area contributed by atoms with Crippen molar-refractivity contribution in [3.63, 3.8) is 0 Å². The van der Waals surface area contributed by atoms with Crippen LogP contribution in [0.3, 0.4) is 0 Å². The molecule has 0 amide bonds. The number of nitrogens with one attached hydrogen (secondary N) is 1. The summed E-state index contributed by atoms with van der Waals surface area (Å²) >= 11 is 3.19. The fourth-order valence-corrected chi connectivity index (χ4v) is 3.35. The number of H-pyrrole nitrogens is 1. The molecule has 6 heteroatoms. The maximum atomic E-state index is 5.72. The third kappa shape index (κ3) is 1.66. The number of aromatic nitrogens is 3. The van der Waals surface area contributed by atoms with Crippen molar-refractivity contribution in [2.45, 2.75) is 9.24 Å². The topological polar surface area (TPSA) is 67.6 Å². The van der Waals surface area contributed by atoms with Crippen molar-refractivity contribution in [2.24, 2.45) is 0 Å². The molecule has 0 fully saturated rings. The zero-order chi connectivity index (χ0) is 11.0. The van der Waals surface area contributed by atoms with Crippen molar-refractivity contribution < 1.29 is 0 Å². The van der Waals surface area contributed by atoms with E-state index in [9.17, 15) is 0 Å². The van der Waals surface area contributed by atoms with E-state index in [2.05, 4.69) is 21.2 Å². The van der Waals surface area contributed by atoms with Crippen LogP contribution in [-0.4, -0.2) is 15.2 Å². The van der Waals surface area contributed by atoms with Crippen molar-refractivity contribution in [3.05, 3.63) is 30.5 Å². The summed E-state index contributed by atoms with van der Waals surface area (Å²) in [6.45, 7) is 0. The van der Waals surface area contributed by atoms with Gasteiger partial charge in [0.1, 0.15) is 5.82 Å². The first-order valence-corrected chi connectivity index (χ1v) is 6.28. The number of nitrogen functional groups attached to an aromatic ring is 1. The van der Waals surface area contributed by atoms with Gasteiger partial charge in [-0.1, -0.05) is 23.9 Å². The highest BCUT2D eigenvalue weighted by atomic mass is 32.2. The summed E-state index contributed by atoms with van der Waals surface area (Å²) in [5, 5.41) is 6.58. The molecule has 0 saturated heterocycles. The molecule has 16 heavy (non-hydrogen) atoms. The van der Waals surface area contributed by atoms with Crippen molar-refractivity contribution in [1.29, 1.82) is 0 Å². The quantitative estimate of drug-likeness (QED) is 0.731. The van der Waals surface area contributed by atoms with Crippen LogP contribution < -0.4 is 5.73 Å². The van der Waals surface area contributed by atoms with Crippen LogP contribution >= 0.6 is 23.1 Å². The van der Waals surface area contributed by atoms with Gasteiger partial charge in [-0.15, -0.1) is 11.3 Å². The largest absolute Gasteiger partial charge is 0.383 e. The van der Waals surface area contributed by atoms with Crippen molar-refractivity contribution in [2.75, 3.05) is 5.73 Å². The molecule has 80 valence electrons. The molecule has 0 aliphatic rings. The lowest BCUT2D eigenvalue weighted by Gasteiger charge is -1.92. The number of hydrogen-bond donors (Lipinski definition) is 2. The second kappa shape index (κ2) is 3.80. The Morgan fingerprint density at radius 1 is 1.31 bits per heavy atom. The van der Waals surface area contributed by atoms with E-state index in [1.165, 1.54) is 16.5 Å². The fraction of sp³-hybridized carbons (Fsp3) is 0. The fourth-order valence-electron chi connectivity index (χ4n) is 1.36. The first-order valence-electron chi connectivity index (χ1n) is 4.65. The molecular formula is C10H8N4S2. The second-order valence-corrected chi connectivity index (χ2v) is 5.52. The Bertz CT molecular complexity index is 595. The van der Waals surface area contributed by atoms with E-state index in [1.807, 2.05) is 18.2 Å². The number of thiazole rings is 1. The van der Waals surface area contributed by atoms with Crippen molar-refractivity contribution in [1.82, 2.24) is 15.2 Å². The molecule has 0 radical (unpaired) electrons. The first kappa shape index (κ1) is 9.68. The summed E-state index contributed by atoms with van der Waals surface area (Å²) in [4.78, 5) is 5.43. The van der Waals surface area contributed by atoms with Gasteiger partial charge >= 0.3 is 0 Å². The van der Waals surface area contributed by atoms with Crippen LogP contribution in [0.4, 0.5) is 5.82 Å². The molecule has 0 saturated carbocycles. The Labute approximate surface area is 99.9 Å². The number of nitrogens with two attached hydrogens (primary N) is 1. The Morgan fingerprint density at radius 2 is 2.19 bits per heavy atom. The minimum atomic E-state index is 0.587. The number of fused-ring (bicyclic) bond motifs is 1. The minimum Gasteiger partial charge on any atom is -0.383 e. The molecular weight excluding hydrogens is 240 g/mol. The van der Waals surface area contributed by atoms with E-state index in [4.69, 9.17) is 5.73 Å². The van der Waals surface area contributed by atoms with Gasteiger partial charge in [-0.3, -0.25) is 5.10 Å². The average Bonchev–Trinajstić information content (AvgIpc) is 2.85. The summed E-state index contributed by atoms with van der Waals surface area (Å²) in [6, 6.07) is 8.08. The molecule has 3 aromatic rings. The predicted molar refractivity (Wildman–Crippen MR) is 66.7 cm³/mol. The molecule has 0 aliphatic heterocycles. The highest BCUT2D eigenvalue weighted by molar-refractivity contribution is 8.01. The van der Waals surface area contributed by atoms with Crippen LogP contribution in [0.2, 0.25) is 0 Å². The molecule has 0 atom stereocenters. The molecule has 3 N–H and O–H groups in total. The summed E-state index contributed by atoms with van der Waals surface area (Å²) in [7, 11) is 0. The number of anilines is 1. The van der Waals surface area contributed by atoms with Crippen LogP contribution in [-0.2, 0) is 0 Å². The van der Waals surface area contributed by atoms with Crippen LogP contribution in [0.25, 0.3) is 10.2 Å². The monoisotopic (exact) mass is 248 g/mol. The van der Waals surface area contributed by atoms with E-state index in [0.717, 1.165) is 14.8 Å². The second-order valence-electron chi connectivity index (χ2n) is 3.20. The zero-order valence-corrected chi connectivity index (χ0v) is 9.81. The highest BCUT2D eigenvalue weighted by Crippen LogP contribution is 2.35. The van der Waals surface area contributed by atoms with Crippen molar-refractivity contribution in [3.8, 4) is 0 Å². The van der Waals surface area contributed by atoms with Gasteiger partial charge in [-0.05, 0) is 12.1 Å². The maximum Gasteiger partial charge on any atom is 0.156 e. The predicted octanol–water partition coefficient (Wildman–Crippen LogP) is 2.75. The number of rotatable bonds is 2. The van der Waals surface area contributed by atoms with E-state index >= 15 is 0 Å². The van der Waals surface area contributed by atoms with Crippen LogP contribution in [0.1, 0.15) is 0 Å². The van der Waals surface area contributed by atoms with Gasteiger partial charge < -0.3 is 5.73 Å². The van der Waals surface area contributed by atoms with Crippen LogP contribution in [0.5, 0.6) is 0 Å². The lowest BCUT2D eigenvalue weighted by Crippen LogP contribution is -1.85. The van der Waals surface area contributed by atoms with Gasteiger partial charge in [-0.2, -0.15) is 5.10 Å². The summed E-state index contributed by atoms with van der Waals surface area (Å²) in [5.74, 6) is 0.587. The number of benzene rings is 1. The van der Waals surface area contributed by atoms with Gasteiger partial charge in [0.05, 0.1) is 21.3 Å². The smallest absolute Gasteiger partial charge is 0.156 e. The standard InChI is InChI=1S/C10H8N4S2/c11-9-8(5-12-14-9)16-10-13-6-3-1-2-4-7(6)15-10/h1-5H,(H3,11,12,14). The lowest BCUT2D eigenvalue weighted by molar-refractivity contribution is 1.10. The van der Waals surface area contributed by atoms with E-state index in [0.29, 0.717) is 5.82 Å². The number of nitrogens with zero attached hydrogens (tertiary/aromatic N) is 2. The normalized spacial score (nSPS) is 11.0. The van der Waals surface area contributed by atoms with E-state index in [1.54, 1.807) is 17.5 Å². The molecule has 0 spiro atoms. The number of aromatic amines is 1. The first-order chi connectivity index (χ1) is 7.83. The highest BCUT2D eigenvalue weighted by Gasteiger charge is 2.08. The van der Waals surface area contributed by atoms with Gasteiger partial charge in [0, 0.05) is 0 Å². The molecule has 3 rings (SSSR count). The number of para-hydroxylation sites is 1. The minimum absolute atomic E-state index is 0.587. The summed E-state index contributed by atoms with van der Waals surface area (Å²) in [6.07, 6.45) is 1.71. The lowest BCUT2D eigenvalue weighted by atomic mass is 10.3. The SMILES string of the molecule is Nc1[nH]ncc1Sc1nc2ccccc2s1. The third-order valence-electron chi connectivity index (χ3n) is 2.10. The van der Waals surface area contributed by atoms with Gasteiger partial charge in [-0.25, -0.2) is 4.98 Å². The number of hydrogen-bond acceptors (Lipinski definition) is 5. The third-order valence-corrected chi connectivity index (χ3v) is 4.25. The Kier molecular flexibility index (Phi) is 2.30. The Hall–Kier alpha value is -1.53. The maximum absolute atomic E-state index is 5.72. The molecule has 2 aromatic heterocycles. The van der Waals surface area contributed by atoms with Crippen LogP contribution in [0.15, 0.2) is 39.7 Å². The molecule has 0 unspecified atom stereocenters. The van der Waals surface area contributed by atoms with E-state index < -0.39 is 0 Å². The molecule has 0 aliphatic carbocycles. The van der Waals surface area contributed by atoms with E-state index in [-0.39, 0.29) is 0 Å². The zero-order valence-electron chi connectivity index (χ0n) is 8.18.